The quantitative estimate of drug-likeness (QED) is 0.217. The van der Waals surface area contributed by atoms with Crippen molar-refractivity contribution in [2.45, 2.75) is 0 Å². The highest BCUT2D eigenvalue weighted by atomic mass is 32.1. The minimum atomic E-state index is 1.15. The van der Waals surface area contributed by atoms with Gasteiger partial charge in [-0.25, -0.2) is 0 Å². The van der Waals surface area contributed by atoms with Crippen LogP contribution in [0.2, 0.25) is 0 Å². The molecule has 0 unspecified atom stereocenters. The molecule has 0 saturated heterocycles. The van der Waals surface area contributed by atoms with E-state index >= 15 is 0 Å². The molecule has 3 heteroatoms. The van der Waals surface area contributed by atoms with Gasteiger partial charge in [0.15, 0.2) is 0 Å². The molecular formula is C36H23NS2. The van der Waals surface area contributed by atoms with Gasteiger partial charge in [-0.05, 0) is 65.7 Å². The predicted molar refractivity (Wildman–Crippen MR) is 172 cm³/mol. The van der Waals surface area contributed by atoms with Crippen LogP contribution in [0.1, 0.15) is 0 Å². The molecule has 0 fully saturated rings. The third-order valence-electron chi connectivity index (χ3n) is 7.45. The van der Waals surface area contributed by atoms with Crippen molar-refractivity contribution in [1.82, 2.24) is 0 Å². The zero-order valence-electron chi connectivity index (χ0n) is 21.0. The van der Waals surface area contributed by atoms with Crippen molar-refractivity contribution in [2.75, 3.05) is 4.90 Å². The minimum Gasteiger partial charge on any atom is -0.309 e. The number of hydrogen-bond donors (Lipinski definition) is 0. The largest absolute Gasteiger partial charge is 0.309 e. The van der Waals surface area contributed by atoms with Crippen LogP contribution in [0.15, 0.2) is 140 Å². The monoisotopic (exact) mass is 533 g/mol. The van der Waals surface area contributed by atoms with Gasteiger partial charge in [0.1, 0.15) is 0 Å². The maximum atomic E-state index is 2.40. The molecule has 8 aromatic rings. The molecular weight excluding hydrogens is 511 g/mol. The van der Waals surface area contributed by atoms with Gasteiger partial charge >= 0.3 is 0 Å². The summed E-state index contributed by atoms with van der Waals surface area (Å²) in [6.07, 6.45) is 0. The molecule has 1 nitrogen and oxygen atoms in total. The summed E-state index contributed by atoms with van der Waals surface area (Å²) in [6, 6.07) is 50.7. The second kappa shape index (κ2) is 9.09. The van der Waals surface area contributed by atoms with E-state index in [1.807, 2.05) is 22.7 Å². The first-order chi connectivity index (χ1) is 19.3. The molecule has 0 atom stereocenters. The summed E-state index contributed by atoms with van der Waals surface area (Å²) in [7, 11) is 0. The highest BCUT2D eigenvalue weighted by Crippen LogP contribution is 2.45. The average Bonchev–Trinajstić information content (AvgIpc) is 3.57. The molecule has 6 aromatic carbocycles. The number of thiophene rings is 2. The highest BCUT2D eigenvalue weighted by molar-refractivity contribution is 7.26. The molecule has 2 heterocycles. The summed E-state index contributed by atoms with van der Waals surface area (Å²) in [5.41, 5.74) is 5.96. The smallest absolute Gasteiger partial charge is 0.0640 e. The number of rotatable bonds is 4. The van der Waals surface area contributed by atoms with Gasteiger partial charge in [-0.15, -0.1) is 22.7 Å². The summed E-state index contributed by atoms with van der Waals surface area (Å²) < 4.78 is 5.29. The number of benzene rings is 6. The highest BCUT2D eigenvalue weighted by Gasteiger charge is 2.18. The first-order valence-corrected chi connectivity index (χ1v) is 14.7. The summed E-state index contributed by atoms with van der Waals surface area (Å²) in [6.45, 7) is 0. The van der Waals surface area contributed by atoms with Crippen molar-refractivity contribution < 1.29 is 0 Å². The first-order valence-electron chi connectivity index (χ1n) is 13.1. The zero-order valence-corrected chi connectivity index (χ0v) is 22.7. The van der Waals surface area contributed by atoms with Gasteiger partial charge in [-0.1, -0.05) is 84.9 Å². The molecule has 2 aromatic heterocycles. The molecule has 0 spiro atoms. The molecule has 0 aliphatic carbocycles. The van der Waals surface area contributed by atoms with Crippen LogP contribution in [-0.2, 0) is 0 Å². The lowest BCUT2D eigenvalue weighted by Crippen LogP contribution is -2.10. The third kappa shape index (κ3) is 3.74. The van der Waals surface area contributed by atoms with Crippen molar-refractivity contribution in [1.29, 1.82) is 0 Å². The number of para-hydroxylation sites is 1. The van der Waals surface area contributed by atoms with E-state index in [9.17, 15) is 0 Å². The summed E-state index contributed by atoms with van der Waals surface area (Å²) in [4.78, 5) is 2.40. The number of fused-ring (bicyclic) bond motifs is 6. The van der Waals surface area contributed by atoms with Crippen LogP contribution in [-0.4, -0.2) is 0 Å². The molecule has 0 bridgehead atoms. The maximum absolute atomic E-state index is 2.40. The lowest BCUT2D eigenvalue weighted by Gasteiger charge is -2.26. The Kier molecular flexibility index (Phi) is 5.25. The van der Waals surface area contributed by atoms with E-state index in [1.165, 1.54) is 57.2 Å². The van der Waals surface area contributed by atoms with E-state index in [-0.39, 0.29) is 0 Å². The topological polar surface area (TPSA) is 3.24 Å². The fourth-order valence-corrected chi connectivity index (χ4v) is 7.94. The minimum absolute atomic E-state index is 1.15. The Balaban J connectivity index is 1.32. The van der Waals surface area contributed by atoms with Crippen molar-refractivity contribution in [2.24, 2.45) is 0 Å². The van der Waals surface area contributed by atoms with Crippen LogP contribution < -0.4 is 4.90 Å². The average molecular weight is 534 g/mol. The Labute approximate surface area is 234 Å². The molecule has 39 heavy (non-hydrogen) atoms. The molecule has 184 valence electrons. The van der Waals surface area contributed by atoms with Crippen LogP contribution in [0.25, 0.3) is 51.5 Å². The van der Waals surface area contributed by atoms with Crippen LogP contribution in [0, 0.1) is 0 Å². The van der Waals surface area contributed by atoms with Gasteiger partial charge in [0.2, 0.25) is 0 Å². The van der Waals surface area contributed by atoms with Crippen molar-refractivity contribution in [3.05, 3.63) is 140 Å². The van der Waals surface area contributed by atoms with Gasteiger partial charge in [0.25, 0.3) is 0 Å². The zero-order chi connectivity index (χ0) is 25.8. The molecule has 0 radical (unpaired) electrons. The van der Waals surface area contributed by atoms with Crippen molar-refractivity contribution in [3.8, 4) is 11.1 Å². The lowest BCUT2D eigenvalue weighted by molar-refractivity contribution is 1.30. The van der Waals surface area contributed by atoms with Gasteiger partial charge in [0.05, 0.1) is 10.4 Å². The molecule has 0 N–H and O–H groups in total. The van der Waals surface area contributed by atoms with Crippen LogP contribution in [0.5, 0.6) is 0 Å². The number of hydrogen-bond acceptors (Lipinski definition) is 3. The van der Waals surface area contributed by atoms with E-state index in [4.69, 9.17) is 0 Å². The Morgan fingerprint density at radius 2 is 1.00 bits per heavy atom. The Hall–Kier alpha value is -4.44. The first kappa shape index (κ1) is 22.5. The van der Waals surface area contributed by atoms with Gasteiger partial charge in [0, 0.05) is 47.0 Å². The number of nitrogens with zero attached hydrogens (tertiary/aromatic N) is 1. The lowest BCUT2D eigenvalue weighted by atomic mass is 10.0. The van der Waals surface area contributed by atoms with Crippen molar-refractivity contribution in [3.63, 3.8) is 0 Å². The summed E-state index contributed by atoms with van der Waals surface area (Å²) in [5, 5.41) is 5.28. The Morgan fingerprint density at radius 1 is 0.385 bits per heavy atom. The molecule has 0 aliphatic heterocycles. The predicted octanol–water partition coefficient (Wildman–Crippen LogP) is 11.6. The normalized spacial score (nSPS) is 11.6. The van der Waals surface area contributed by atoms with E-state index in [1.54, 1.807) is 0 Å². The fourth-order valence-electron chi connectivity index (χ4n) is 5.64. The van der Waals surface area contributed by atoms with Crippen LogP contribution >= 0.6 is 22.7 Å². The third-order valence-corrected chi connectivity index (χ3v) is 9.81. The molecule has 0 amide bonds. The van der Waals surface area contributed by atoms with Gasteiger partial charge < -0.3 is 4.90 Å². The number of anilines is 3. The second-order valence-electron chi connectivity index (χ2n) is 9.78. The van der Waals surface area contributed by atoms with E-state index < -0.39 is 0 Å². The van der Waals surface area contributed by atoms with E-state index in [2.05, 4.69) is 144 Å². The Morgan fingerprint density at radius 3 is 1.85 bits per heavy atom. The van der Waals surface area contributed by atoms with Gasteiger partial charge in [-0.2, -0.15) is 0 Å². The Bertz CT molecular complexity index is 2140. The molecule has 0 saturated carbocycles. The molecule has 8 rings (SSSR count). The molecule has 0 aliphatic rings. The van der Waals surface area contributed by atoms with Gasteiger partial charge in [-0.3, -0.25) is 0 Å². The fraction of sp³-hybridized carbons (Fsp3) is 0. The van der Waals surface area contributed by atoms with E-state index in [0.717, 1.165) is 11.4 Å². The van der Waals surface area contributed by atoms with Crippen LogP contribution in [0.4, 0.5) is 17.1 Å². The standard InChI is InChI=1S/C36H23NS2/c1-2-11-26(12-3-1)37(32-17-9-16-30-28-14-4-7-19-34(28)39-36(30)32)27-13-8-10-24(22-27)25-20-21-35-31(23-25)29-15-5-6-18-33(29)38-35/h1-23H. The second-order valence-corrected chi connectivity index (χ2v) is 11.9. The summed E-state index contributed by atoms with van der Waals surface area (Å²) >= 11 is 3.73. The maximum Gasteiger partial charge on any atom is 0.0640 e. The van der Waals surface area contributed by atoms with E-state index in [0.29, 0.717) is 0 Å². The summed E-state index contributed by atoms with van der Waals surface area (Å²) in [5.74, 6) is 0. The van der Waals surface area contributed by atoms with Crippen molar-refractivity contribution >= 4 is 80.1 Å². The SMILES string of the molecule is c1ccc(N(c2cccc(-c3ccc4sc5ccccc5c4c3)c2)c2cccc3c2sc2ccccc23)cc1. The van der Waals surface area contributed by atoms with Crippen LogP contribution in [0.3, 0.4) is 0 Å².